The van der Waals surface area contributed by atoms with E-state index >= 15 is 0 Å². The smallest absolute Gasteiger partial charge is 0.307 e. The summed E-state index contributed by atoms with van der Waals surface area (Å²) in [7, 11) is 1.76. The van der Waals surface area contributed by atoms with E-state index in [2.05, 4.69) is 57.5 Å². The van der Waals surface area contributed by atoms with Crippen molar-refractivity contribution in [1.29, 1.82) is 0 Å². The van der Waals surface area contributed by atoms with Crippen LogP contribution in [0.25, 0.3) is 0 Å². The van der Waals surface area contributed by atoms with Crippen molar-refractivity contribution in [2.75, 3.05) is 46.5 Å². The van der Waals surface area contributed by atoms with Gasteiger partial charge in [-0.3, -0.25) is 14.4 Å². The minimum atomic E-state index is -0.796. The molecule has 0 aromatic heterocycles. The van der Waals surface area contributed by atoms with Gasteiger partial charge in [0.25, 0.3) is 0 Å². The molecule has 0 fully saturated rings. The normalized spacial score (nSPS) is 14.8. The highest BCUT2D eigenvalue weighted by Crippen LogP contribution is 2.25. The van der Waals surface area contributed by atoms with E-state index in [4.69, 9.17) is 14.2 Å². The average Bonchev–Trinajstić information content (AvgIpc) is 2.87. The minimum Gasteiger partial charge on any atom is -0.465 e. The zero-order valence-corrected chi connectivity index (χ0v) is 24.7. The lowest BCUT2D eigenvalue weighted by Crippen LogP contribution is -2.40. The van der Waals surface area contributed by atoms with Gasteiger partial charge in [-0.15, -0.1) is 0 Å². The number of esters is 3. The molecule has 0 heterocycles. The molecule has 9 nitrogen and oxygen atoms in total. The van der Waals surface area contributed by atoms with Crippen LogP contribution in [-0.2, 0) is 28.6 Å². The van der Waals surface area contributed by atoms with Gasteiger partial charge < -0.3 is 30.2 Å². The Morgan fingerprint density at radius 3 is 1.27 bits per heavy atom. The van der Waals surface area contributed by atoms with Gasteiger partial charge in [0.2, 0.25) is 0 Å². The molecule has 0 spiro atoms. The molecular weight excluding hydrogens is 474 g/mol. The highest BCUT2D eigenvalue weighted by molar-refractivity contribution is 5.70. The van der Waals surface area contributed by atoms with Gasteiger partial charge in [-0.1, -0.05) is 48.5 Å². The summed E-state index contributed by atoms with van der Waals surface area (Å²) in [5.41, 5.74) is -0.796. The number of hydrogen-bond acceptors (Lipinski definition) is 9. The van der Waals surface area contributed by atoms with E-state index in [0.717, 1.165) is 12.8 Å². The number of carbonyl (C=O) groups is 3. The van der Waals surface area contributed by atoms with E-state index in [1.54, 1.807) is 7.05 Å². The Bertz CT molecular complexity index is 603. The first-order valence-corrected chi connectivity index (χ1v) is 14.1. The molecule has 0 aliphatic rings. The zero-order valence-electron chi connectivity index (χ0n) is 24.7. The van der Waals surface area contributed by atoms with Crippen molar-refractivity contribution in [2.45, 2.75) is 99.1 Å². The van der Waals surface area contributed by atoms with E-state index in [1.165, 1.54) is 0 Å². The number of hydrogen-bond donors (Lipinski definition) is 3. The van der Waals surface area contributed by atoms with Gasteiger partial charge in [0, 0.05) is 31.7 Å². The van der Waals surface area contributed by atoms with Crippen molar-refractivity contribution < 1.29 is 28.6 Å². The van der Waals surface area contributed by atoms with Crippen LogP contribution in [0, 0.1) is 17.3 Å². The maximum Gasteiger partial charge on any atom is 0.307 e. The lowest BCUT2D eigenvalue weighted by atomic mass is 9.88. The first kappa shape index (κ1) is 35.3. The van der Waals surface area contributed by atoms with E-state index < -0.39 is 5.41 Å². The Morgan fingerprint density at radius 2 is 1.00 bits per heavy atom. The Hall–Kier alpha value is -1.71. The molecule has 0 radical (unpaired) electrons. The first-order chi connectivity index (χ1) is 17.5. The summed E-state index contributed by atoms with van der Waals surface area (Å²) in [5.74, 6) is -0.0544. The Labute approximate surface area is 225 Å². The number of carbonyl (C=O) groups excluding carboxylic acids is 3. The number of nitrogens with one attached hydrogen (secondary N) is 3. The summed E-state index contributed by atoms with van der Waals surface area (Å²) in [5, 5.41) is 9.71. The van der Waals surface area contributed by atoms with Crippen molar-refractivity contribution in [1.82, 2.24) is 16.0 Å². The second-order valence-electron chi connectivity index (χ2n) is 10.6. The van der Waals surface area contributed by atoms with Gasteiger partial charge in [-0.25, -0.2) is 0 Å². The second kappa shape index (κ2) is 20.3. The van der Waals surface area contributed by atoms with Crippen molar-refractivity contribution in [2.24, 2.45) is 17.3 Å². The molecule has 0 saturated heterocycles. The fraction of sp³-hybridized carbons (Fsp3) is 0.893. The van der Waals surface area contributed by atoms with Gasteiger partial charge >= 0.3 is 17.9 Å². The third-order valence-corrected chi connectivity index (χ3v) is 6.91. The summed E-state index contributed by atoms with van der Waals surface area (Å²) in [6.45, 7) is 16.4. The van der Waals surface area contributed by atoms with E-state index in [9.17, 15) is 14.4 Å². The zero-order chi connectivity index (χ0) is 28.3. The van der Waals surface area contributed by atoms with Gasteiger partial charge in [0.15, 0.2) is 0 Å². The van der Waals surface area contributed by atoms with E-state index in [-0.39, 0.29) is 57.0 Å². The van der Waals surface area contributed by atoms with Crippen LogP contribution in [0.3, 0.4) is 0 Å². The highest BCUT2D eigenvalue weighted by Gasteiger charge is 2.34. The molecule has 0 aromatic rings. The second-order valence-corrected chi connectivity index (χ2v) is 10.6. The maximum absolute atomic E-state index is 12.5. The van der Waals surface area contributed by atoms with Crippen LogP contribution >= 0.6 is 0 Å². The van der Waals surface area contributed by atoms with Crippen molar-refractivity contribution >= 4 is 17.9 Å². The Morgan fingerprint density at radius 1 is 0.649 bits per heavy atom. The number of ether oxygens (including phenoxy) is 3. The van der Waals surface area contributed by atoms with Gasteiger partial charge in [-0.05, 0) is 38.1 Å². The molecule has 0 bridgehead atoms. The topological polar surface area (TPSA) is 115 Å². The molecule has 0 aromatic carbocycles. The number of rotatable bonds is 22. The molecule has 0 saturated carbocycles. The lowest BCUT2D eigenvalue weighted by Gasteiger charge is -2.31. The molecule has 37 heavy (non-hydrogen) atoms. The standard InChI is InChI=1S/C28H55N3O6/c1-9-23(21(4)5)30-16-13-26(33)36-19-28(11-3,18-35-25(32)12-15-29-8)20-37-27(34)14-17-31-24(10-2)22(6)7/h21-24,29-31H,9-20H2,1-8H3. The van der Waals surface area contributed by atoms with Crippen LogP contribution in [0.2, 0.25) is 0 Å². The first-order valence-electron chi connectivity index (χ1n) is 14.1. The molecular formula is C28H55N3O6. The molecule has 2 atom stereocenters. The Kier molecular flexibility index (Phi) is 19.3. The van der Waals surface area contributed by atoms with Gasteiger partial charge in [0.05, 0.1) is 24.7 Å². The molecule has 0 rings (SSSR count). The Balaban J connectivity index is 4.97. The molecule has 2 unspecified atom stereocenters. The predicted octanol–water partition coefficient (Wildman–Crippen LogP) is 3.45. The van der Waals surface area contributed by atoms with Crippen LogP contribution in [0.4, 0.5) is 0 Å². The van der Waals surface area contributed by atoms with Crippen molar-refractivity contribution in [3.05, 3.63) is 0 Å². The monoisotopic (exact) mass is 529 g/mol. The fourth-order valence-corrected chi connectivity index (χ4v) is 4.00. The average molecular weight is 530 g/mol. The van der Waals surface area contributed by atoms with Crippen molar-refractivity contribution in [3.8, 4) is 0 Å². The van der Waals surface area contributed by atoms with Crippen LogP contribution < -0.4 is 16.0 Å². The molecule has 218 valence electrons. The van der Waals surface area contributed by atoms with Crippen LogP contribution in [0.15, 0.2) is 0 Å². The fourth-order valence-electron chi connectivity index (χ4n) is 4.00. The van der Waals surface area contributed by atoms with E-state index in [0.29, 0.717) is 50.0 Å². The molecule has 0 amide bonds. The summed E-state index contributed by atoms with van der Waals surface area (Å²) < 4.78 is 16.7. The SMILES string of the molecule is CCC(NCCC(=O)OCC(CC)(COC(=O)CCNC)COC(=O)CCNC(CC)C(C)C)C(C)C. The largest absolute Gasteiger partial charge is 0.465 e. The summed E-state index contributed by atoms with van der Waals surface area (Å²) >= 11 is 0. The molecule has 0 aliphatic heterocycles. The predicted molar refractivity (Wildman–Crippen MR) is 147 cm³/mol. The summed E-state index contributed by atoms with van der Waals surface area (Å²) in [6.07, 6.45) is 3.20. The molecule has 3 N–H and O–H groups in total. The third-order valence-electron chi connectivity index (χ3n) is 6.91. The third kappa shape index (κ3) is 16.0. The van der Waals surface area contributed by atoms with E-state index in [1.807, 2.05) is 6.92 Å². The van der Waals surface area contributed by atoms with Gasteiger partial charge in [0.1, 0.15) is 19.8 Å². The van der Waals surface area contributed by atoms with Crippen molar-refractivity contribution in [3.63, 3.8) is 0 Å². The highest BCUT2D eigenvalue weighted by atomic mass is 16.6. The lowest BCUT2D eigenvalue weighted by molar-refractivity contribution is -0.162. The van der Waals surface area contributed by atoms with Gasteiger partial charge in [-0.2, -0.15) is 0 Å². The summed E-state index contributed by atoms with van der Waals surface area (Å²) in [6, 6.07) is 0.697. The minimum absolute atomic E-state index is 0.0135. The van der Waals surface area contributed by atoms with Crippen LogP contribution in [0.5, 0.6) is 0 Å². The molecule has 9 heteroatoms. The van der Waals surface area contributed by atoms with Crippen LogP contribution in [-0.4, -0.2) is 76.5 Å². The van der Waals surface area contributed by atoms with Crippen LogP contribution in [0.1, 0.15) is 87.0 Å². The summed E-state index contributed by atoms with van der Waals surface area (Å²) in [4.78, 5) is 37.0. The quantitative estimate of drug-likeness (QED) is 0.143. The maximum atomic E-state index is 12.5. The molecule has 0 aliphatic carbocycles.